The van der Waals surface area contributed by atoms with Crippen molar-refractivity contribution in [1.29, 1.82) is 0 Å². The van der Waals surface area contributed by atoms with Gasteiger partial charge in [0, 0.05) is 5.69 Å². The summed E-state index contributed by atoms with van der Waals surface area (Å²) in [5.74, 6) is 0.632. The number of hydrogen-bond acceptors (Lipinski definition) is 2. The first-order valence-corrected chi connectivity index (χ1v) is 8.76. The maximum Gasteiger partial charge on any atom is 0.239 e. The van der Waals surface area contributed by atoms with Crippen molar-refractivity contribution in [2.24, 2.45) is 5.92 Å². The largest absolute Gasteiger partial charge is 0.508 e. The number of hydrogen-bond donors (Lipinski definition) is 2. The Labute approximate surface area is 142 Å². The fourth-order valence-electron chi connectivity index (χ4n) is 4.79. The fourth-order valence-corrected chi connectivity index (χ4v) is 4.79. The van der Waals surface area contributed by atoms with Gasteiger partial charge in [0.05, 0.1) is 0 Å². The molecule has 1 unspecified atom stereocenters. The number of aryl methyl sites for hydroxylation is 2. The van der Waals surface area contributed by atoms with Crippen molar-refractivity contribution >= 4 is 11.6 Å². The molecule has 124 valence electrons. The number of nitrogens with one attached hydrogen (secondary N) is 1. The summed E-state index contributed by atoms with van der Waals surface area (Å²) in [5, 5.41) is 12.9. The second-order valence-electron chi connectivity index (χ2n) is 7.29. The van der Waals surface area contributed by atoms with Gasteiger partial charge in [-0.3, -0.25) is 4.79 Å². The highest BCUT2D eigenvalue weighted by atomic mass is 16.3. The Bertz CT molecular complexity index is 803. The van der Waals surface area contributed by atoms with Crippen LogP contribution in [-0.2, 0) is 10.2 Å². The summed E-state index contributed by atoms with van der Waals surface area (Å²) < 4.78 is 0. The zero-order chi connectivity index (χ0) is 16.9. The third kappa shape index (κ3) is 2.00. The Kier molecular flexibility index (Phi) is 3.41. The Balaban J connectivity index is 2.01. The molecule has 1 saturated carbocycles. The normalized spacial score (nSPS) is 23.3. The molecule has 24 heavy (non-hydrogen) atoms. The number of amides is 1. The van der Waals surface area contributed by atoms with Crippen molar-refractivity contribution in [3.63, 3.8) is 0 Å². The number of phenolic OH excluding ortho intramolecular Hbond substituents is 1. The topological polar surface area (TPSA) is 49.3 Å². The molecule has 1 fully saturated rings. The predicted molar refractivity (Wildman–Crippen MR) is 95.4 cm³/mol. The summed E-state index contributed by atoms with van der Waals surface area (Å²) in [7, 11) is 0. The molecule has 0 bridgehead atoms. The van der Waals surface area contributed by atoms with E-state index in [1.165, 1.54) is 18.4 Å². The van der Waals surface area contributed by atoms with Crippen LogP contribution in [0.15, 0.2) is 36.4 Å². The van der Waals surface area contributed by atoms with E-state index in [4.69, 9.17) is 0 Å². The van der Waals surface area contributed by atoms with Gasteiger partial charge in [-0.2, -0.15) is 0 Å². The molecule has 2 N–H and O–H groups in total. The first-order chi connectivity index (χ1) is 11.5. The van der Waals surface area contributed by atoms with Gasteiger partial charge in [-0.15, -0.1) is 0 Å². The smallest absolute Gasteiger partial charge is 0.239 e. The quantitative estimate of drug-likeness (QED) is 0.859. The lowest BCUT2D eigenvalue weighted by molar-refractivity contribution is -0.121. The van der Waals surface area contributed by atoms with Crippen LogP contribution in [0.5, 0.6) is 5.75 Å². The molecule has 2 aromatic rings. The Morgan fingerprint density at radius 2 is 1.75 bits per heavy atom. The molecule has 0 saturated heterocycles. The predicted octanol–water partition coefficient (Wildman–Crippen LogP) is 4.44. The van der Waals surface area contributed by atoms with E-state index >= 15 is 0 Å². The molecule has 1 aliphatic carbocycles. The molecule has 0 spiro atoms. The van der Waals surface area contributed by atoms with Gasteiger partial charge in [0.15, 0.2) is 0 Å². The van der Waals surface area contributed by atoms with E-state index in [9.17, 15) is 9.90 Å². The third-order valence-corrected chi connectivity index (χ3v) is 5.79. The van der Waals surface area contributed by atoms with Crippen LogP contribution in [0, 0.1) is 19.8 Å². The minimum absolute atomic E-state index is 0.0868. The van der Waals surface area contributed by atoms with Crippen LogP contribution < -0.4 is 5.32 Å². The van der Waals surface area contributed by atoms with Gasteiger partial charge in [0.25, 0.3) is 0 Å². The van der Waals surface area contributed by atoms with Gasteiger partial charge in [-0.05, 0) is 61.4 Å². The van der Waals surface area contributed by atoms with E-state index in [2.05, 4.69) is 31.3 Å². The van der Waals surface area contributed by atoms with Crippen LogP contribution in [0.3, 0.4) is 0 Å². The summed E-state index contributed by atoms with van der Waals surface area (Å²) >= 11 is 0. The molecule has 2 aromatic carbocycles. The molecule has 0 radical (unpaired) electrons. The highest BCUT2D eigenvalue weighted by Gasteiger charge is 2.54. The van der Waals surface area contributed by atoms with Gasteiger partial charge in [0.2, 0.25) is 5.91 Å². The minimum atomic E-state index is -0.629. The molecule has 3 nitrogen and oxygen atoms in total. The molecular weight excluding hydrogens is 298 g/mol. The van der Waals surface area contributed by atoms with E-state index in [1.54, 1.807) is 12.1 Å². The molecule has 1 aliphatic heterocycles. The van der Waals surface area contributed by atoms with Crippen LogP contribution in [0.25, 0.3) is 0 Å². The van der Waals surface area contributed by atoms with Gasteiger partial charge >= 0.3 is 0 Å². The van der Waals surface area contributed by atoms with Gasteiger partial charge < -0.3 is 10.4 Å². The zero-order valence-electron chi connectivity index (χ0n) is 14.2. The fraction of sp³-hybridized carbons (Fsp3) is 0.381. The summed E-state index contributed by atoms with van der Waals surface area (Å²) in [6, 6.07) is 11.5. The lowest BCUT2D eigenvalue weighted by Crippen LogP contribution is -2.42. The van der Waals surface area contributed by atoms with Crippen molar-refractivity contribution in [1.82, 2.24) is 0 Å². The van der Waals surface area contributed by atoms with E-state index in [1.807, 2.05) is 12.1 Å². The number of carbonyl (C=O) groups excluding carboxylic acids is 1. The number of phenols is 1. The lowest BCUT2D eigenvalue weighted by atomic mass is 9.65. The highest BCUT2D eigenvalue weighted by Crippen LogP contribution is 2.53. The highest BCUT2D eigenvalue weighted by molar-refractivity contribution is 6.09. The standard InChI is InChI=1S/C21H23NO2/c1-13-11-14(2)19-18(12-13)21(20(24)22-19,15-5-3-4-6-15)16-7-9-17(23)10-8-16/h7-12,15,23H,3-6H2,1-2H3,(H,22,24). The number of fused-ring (bicyclic) bond motifs is 1. The third-order valence-electron chi connectivity index (χ3n) is 5.79. The molecule has 2 aliphatic rings. The molecular formula is C21H23NO2. The second kappa shape index (κ2) is 5.37. The minimum Gasteiger partial charge on any atom is -0.508 e. The number of anilines is 1. The van der Waals surface area contributed by atoms with Crippen LogP contribution >= 0.6 is 0 Å². The average Bonchev–Trinajstić information content (AvgIpc) is 3.15. The molecule has 1 amide bonds. The summed E-state index contributed by atoms with van der Waals surface area (Å²) in [4.78, 5) is 13.3. The maximum absolute atomic E-state index is 13.3. The van der Waals surface area contributed by atoms with Crippen LogP contribution in [0.2, 0.25) is 0 Å². The second-order valence-corrected chi connectivity index (χ2v) is 7.29. The SMILES string of the molecule is Cc1cc(C)c2c(c1)C(c1ccc(O)cc1)(C1CCCC1)C(=O)N2. The van der Waals surface area contributed by atoms with E-state index in [-0.39, 0.29) is 11.7 Å². The molecule has 1 atom stereocenters. The molecule has 1 heterocycles. The number of aromatic hydroxyl groups is 1. The van der Waals surface area contributed by atoms with Gasteiger partial charge in [0.1, 0.15) is 11.2 Å². The molecule has 4 rings (SSSR count). The van der Waals surface area contributed by atoms with E-state index in [0.717, 1.165) is 35.2 Å². The van der Waals surface area contributed by atoms with Crippen molar-refractivity contribution in [2.45, 2.75) is 44.9 Å². The summed E-state index contributed by atoms with van der Waals surface area (Å²) in [5.41, 5.74) is 4.76. The van der Waals surface area contributed by atoms with Crippen molar-refractivity contribution in [2.75, 3.05) is 5.32 Å². The monoisotopic (exact) mass is 321 g/mol. The Hall–Kier alpha value is -2.29. The van der Waals surface area contributed by atoms with E-state index < -0.39 is 5.41 Å². The first kappa shape index (κ1) is 15.3. The zero-order valence-corrected chi connectivity index (χ0v) is 14.2. The summed E-state index contributed by atoms with van der Waals surface area (Å²) in [6.45, 7) is 4.15. The number of carbonyl (C=O) groups is 1. The maximum atomic E-state index is 13.3. The average molecular weight is 321 g/mol. The number of benzene rings is 2. The van der Waals surface area contributed by atoms with Crippen LogP contribution in [-0.4, -0.2) is 11.0 Å². The lowest BCUT2D eigenvalue weighted by Gasteiger charge is -2.34. The summed E-state index contributed by atoms with van der Waals surface area (Å²) in [6.07, 6.45) is 4.50. The number of rotatable bonds is 2. The van der Waals surface area contributed by atoms with Gasteiger partial charge in [-0.25, -0.2) is 0 Å². The van der Waals surface area contributed by atoms with Crippen molar-refractivity contribution < 1.29 is 9.90 Å². The van der Waals surface area contributed by atoms with Crippen molar-refractivity contribution in [3.05, 3.63) is 58.7 Å². The first-order valence-electron chi connectivity index (χ1n) is 8.76. The Morgan fingerprint density at radius 1 is 1.08 bits per heavy atom. The van der Waals surface area contributed by atoms with E-state index in [0.29, 0.717) is 5.92 Å². The van der Waals surface area contributed by atoms with Crippen molar-refractivity contribution in [3.8, 4) is 5.75 Å². The van der Waals surface area contributed by atoms with Gasteiger partial charge in [-0.1, -0.05) is 42.7 Å². The van der Waals surface area contributed by atoms with Crippen LogP contribution in [0.1, 0.15) is 47.9 Å². The molecule has 0 aromatic heterocycles. The van der Waals surface area contributed by atoms with Crippen LogP contribution in [0.4, 0.5) is 5.69 Å². The molecule has 3 heteroatoms. The Morgan fingerprint density at radius 3 is 2.42 bits per heavy atom.